The molecule has 1 saturated heterocycles. The van der Waals surface area contributed by atoms with Crippen LogP contribution in [0.15, 0.2) is 6.20 Å². The molecule has 0 spiro atoms. The first-order chi connectivity index (χ1) is 14.5. The molecule has 2 fully saturated rings. The van der Waals surface area contributed by atoms with Gasteiger partial charge in [-0.05, 0) is 58.4 Å². The van der Waals surface area contributed by atoms with Gasteiger partial charge in [0.1, 0.15) is 11.6 Å². The van der Waals surface area contributed by atoms with Crippen LogP contribution in [0.2, 0.25) is 0 Å². The zero-order valence-electron chi connectivity index (χ0n) is 18.4. The van der Waals surface area contributed by atoms with Gasteiger partial charge < -0.3 is 0 Å². The first-order valence-electron chi connectivity index (χ1n) is 11.4. The summed E-state index contributed by atoms with van der Waals surface area (Å²) in [7, 11) is 1.99. The summed E-state index contributed by atoms with van der Waals surface area (Å²) in [6, 6.07) is 0.196. The quantitative estimate of drug-likeness (QED) is 0.760. The van der Waals surface area contributed by atoms with Gasteiger partial charge in [-0.2, -0.15) is 5.10 Å². The molecule has 4 heterocycles. The Balaban J connectivity index is 1.47. The van der Waals surface area contributed by atoms with E-state index in [2.05, 4.69) is 23.8 Å². The van der Waals surface area contributed by atoms with E-state index in [1.54, 1.807) is 0 Å². The number of amides is 1. The third-order valence-electron chi connectivity index (χ3n) is 7.11. The van der Waals surface area contributed by atoms with E-state index in [0.29, 0.717) is 12.3 Å². The molecule has 2 aromatic heterocycles. The molecule has 0 aromatic carbocycles. The van der Waals surface area contributed by atoms with Crippen molar-refractivity contribution in [3.63, 3.8) is 0 Å². The van der Waals surface area contributed by atoms with E-state index in [4.69, 9.17) is 9.97 Å². The molecule has 1 amide bonds. The van der Waals surface area contributed by atoms with E-state index in [9.17, 15) is 4.79 Å². The fraction of sp³-hybridized carbons (Fsp3) is 0.652. The lowest BCUT2D eigenvalue weighted by Crippen LogP contribution is -2.39. The molecule has 3 aliphatic rings. The number of fused-ring (bicyclic) bond motifs is 1. The molecule has 1 atom stereocenters. The van der Waals surface area contributed by atoms with E-state index in [0.717, 1.165) is 49.8 Å². The Morgan fingerprint density at radius 1 is 1.10 bits per heavy atom. The minimum Gasteiger partial charge on any atom is -0.296 e. The summed E-state index contributed by atoms with van der Waals surface area (Å²) in [5, 5.41) is 4.42. The van der Waals surface area contributed by atoms with Crippen molar-refractivity contribution in [3.8, 4) is 0 Å². The highest BCUT2D eigenvalue weighted by molar-refractivity contribution is 5.95. The maximum atomic E-state index is 12.7. The molecular weight excluding hydrogens is 376 g/mol. The van der Waals surface area contributed by atoms with Gasteiger partial charge in [-0.1, -0.05) is 6.42 Å². The third kappa shape index (κ3) is 3.64. The smallest absolute Gasteiger partial charge is 0.228 e. The minimum absolute atomic E-state index is 0.196. The number of nitrogens with zero attached hydrogens (tertiary/aromatic N) is 6. The number of anilines is 1. The molecule has 7 nitrogen and oxygen atoms in total. The standard InChI is InChI=1S/C23H32N6O/c1-15-19-9-10-21(30)29(13-17-7-8-17)23(19)26-22(25-15)20-6-4-5-11-28(20)14-18-12-24-27(3)16(18)2/h12,17,20H,4-11,13-14H2,1-3H3/t20-/m1/s1. The maximum absolute atomic E-state index is 12.7. The number of carbonyl (C=O) groups is 1. The van der Waals surface area contributed by atoms with Crippen LogP contribution in [0.4, 0.5) is 5.82 Å². The van der Waals surface area contributed by atoms with Crippen LogP contribution in [0.5, 0.6) is 0 Å². The second-order valence-electron chi connectivity index (χ2n) is 9.28. The number of likely N-dealkylation sites (tertiary alicyclic amines) is 1. The van der Waals surface area contributed by atoms with Crippen LogP contribution >= 0.6 is 0 Å². The van der Waals surface area contributed by atoms with Crippen LogP contribution in [0.25, 0.3) is 0 Å². The highest BCUT2D eigenvalue weighted by atomic mass is 16.2. The molecule has 0 radical (unpaired) electrons. The van der Waals surface area contributed by atoms with Crippen LogP contribution in [0, 0.1) is 19.8 Å². The first-order valence-corrected chi connectivity index (χ1v) is 11.4. The number of aryl methyl sites for hydroxylation is 2. The summed E-state index contributed by atoms with van der Waals surface area (Å²) in [4.78, 5) is 27.2. The number of rotatable bonds is 5. The Kier molecular flexibility index (Phi) is 5.09. The summed E-state index contributed by atoms with van der Waals surface area (Å²) in [6.45, 7) is 6.96. The molecule has 5 rings (SSSR count). The molecule has 30 heavy (non-hydrogen) atoms. The summed E-state index contributed by atoms with van der Waals surface area (Å²) in [6.07, 6.45) is 9.26. The van der Waals surface area contributed by atoms with Crippen LogP contribution in [0.1, 0.15) is 72.9 Å². The Hall–Kier alpha value is -2.28. The zero-order valence-corrected chi connectivity index (χ0v) is 18.4. The fourth-order valence-electron chi connectivity index (χ4n) is 4.89. The lowest BCUT2D eigenvalue weighted by Gasteiger charge is -2.36. The molecule has 1 aliphatic carbocycles. The topological polar surface area (TPSA) is 67.2 Å². The number of carbonyl (C=O) groups excluding carboxylic acids is 1. The van der Waals surface area contributed by atoms with Gasteiger partial charge in [0.15, 0.2) is 0 Å². The van der Waals surface area contributed by atoms with Crippen LogP contribution in [-0.4, -0.2) is 43.6 Å². The fourth-order valence-corrected chi connectivity index (χ4v) is 4.89. The van der Waals surface area contributed by atoms with E-state index in [1.165, 1.54) is 42.5 Å². The van der Waals surface area contributed by atoms with Gasteiger partial charge in [0, 0.05) is 49.1 Å². The van der Waals surface area contributed by atoms with Gasteiger partial charge in [-0.15, -0.1) is 0 Å². The summed E-state index contributed by atoms with van der Waals surface area (Å²) < 4.78 is 1.94. The van der Waals surface area contributed by atoms with Crippen molar-refractivity contribution >= 4 is 11.7 Å². The number of hydrogen-bond donors (Lipinski definition) is 0. The lowest BCUT2D eigenvalue weighted by molar-refractivity contribution is -0.119. The van der Waals surface area contributed by atoms with Crippen molar-refractivity contribution in [3.05, 3.63) is 34.5 Å². The summed E-state index contributed by atoms with van der Waals surface area (Å²) in [5.41, 5.74) is 4.70. The van der Waals surface area contributed by atoms with Gasteiger partial charge in [-0.3, -0.25) is 19.3 Å². The van der Waals surface area contributed by atoms with E-state index in [1.807, 2.05) is 22.8 Å². The predicted molar refractivity (Wildman–Crippen MR) is 115 cm³/mol. The molecule has 2 aliphatic heterocycles. The highest BCUT2D eigenvalue weighted by Gasteiger charge is 2.35. The third-order valence-corrected chi connectivity index (χ3v) is 7.11. The summed E-state index contributed by atoms with van der Waals surface area (Å²) in [5.74, 6) is 2.66. The maximum Gasteiger partial charge on any atom is 0.228 e. The Labute approximate surface area is 178 Å². The average molecular weight is 409 g/mol. The molecule has 0 bridgehead atoms. The van der Waals surface area contributed by atoms with Gasteiger partial charge in [0.25, 0.3) is 0 Å². The minimum atomic E-state index is 0.196. The largest absolute Gasteiger partial charge is 0.296 e. The molecule has 2 aromatic rings. The number of piperidine rings is 1. The Bertz CT molecular complexity index is 963. The molecular formula is C23H32N6O. The zero-order chi connectivity index (χ0) is 20.8. The number of hydrogen-bond acceptors (Lipinski definition) is 5. The van der Waals surface area contributed by atoms with Crippen LogP contribution in [0.3, 0.4) is 0 Å². The lowest BCUT2D eigenvalue weighted by atomic mass is 9.98. The van der Waals surface area contributed by atoms with Crippen LogP contribution < -0.4 is 4.90 Å². The van der Waals surface area contributed by atoms with Gasteiger partial charge in [0.2, 0.25) is 5.91 Å². The Morgan fingerprint density at radius 2 is 1.93 bits per heavy atom. The second-order valence-corrected chi connectivity index (χ2v) is 9.28. The average Bonchev–Trinajstić information content (AvgIpc) is 3.51. The number of aromatic nitrogens is 4. The summed E-state index contributed by atoms with van der Waals surface area (Å²) >= 11 is 0. The van der Waals surface area contributed by atoms with Crippen molar-refractivity contribution in [1.29, 1.82) is 0 Å². The van der Waals surface area contributed by atoms with Crippen molar-refractivity contribution < 1.29 is 4.79 Å². The highest BCUT2D eigenvalue weighted by Crippen LogP contribution is 2.37. The van der Waals surface area contributed by atoms with Crippen molar-refractivity contribution in [2.24, 2.45) is 13.0 Å². The molecule has 7 heteroatoms. The predicted octanol–water partition coefficient (Wildman–Crippen LogP) is 3.24. The second kappa shape index (κ2) is 7.76. The normalized spacial score (nSPS) is 22.4. The van der Waals surface area contributed by atoms with Gasteiger partial charge >= 0.3 is 0 Å². The van der Waals surface area contributed by atoms with E-state index in [-0.39, 0.29) is 11.9 Å². The Morgan fingerprint density at radius 3 is 2.67 bits per heavy atom. The molecule has 0 N–H and O–H groups in total. The van der Waals surface area contributed by atoms with Crippen molar-refractivity contribution in [2.45, 2.75) is 71.4 Å². The van der Waals surface area contributed by atoms with Crippen LogP contribution in [-0.2, 0) is 24.8 Å². The van der Waals surface area contributed by atoms with Crippen molar-refractivity contribution in [2.75, 3.05) is 18.0 Å². The monoisotopic (exact) mass is 408 g/mol. The van der Waals surface area contributed by atoms with E-state index < -0.39 is 0 Å². The SMILES string of the molecule is Cc1nc([C@H]2CCCCN2Cc2cnn(C)c2C)nc2c1CCC(=O)N2CC1CC1. The first kappa shape index (κ1) is 19.7. The van der Waals surface area contributed by atoms with Crippen molar-refractivity contribution in [1.82, 2.24) is 24.6 Å². The molecule has 0 unspecified atom stereocenters. The molecule has 1 saturated carbocycles. The molecule has 160 valence electrons. The van der Waals surface area contributed by atoms with Gasteiger partial charge in [-0.25, -0.2) is 9.97 Å². The van der Waals surface area contributed by atoms with Gasteiger partial charge in [0.05, 0.1) is 12.2 Å². The van der Waals surface area contributed by atoms with E-state index >= 15 is 0 Å².